The first-order valence-electron chi connectivity index (χ1n) is 5.88. The van der Waals surface area contributed by atoms with E-state index in [9.17, 15) is 4.79 Å². The Morgan fingerprint density at radius 3 is 2.50 bits per heavy atom. The Balaban J connectivity index is 0. The van der Waals surface area contributed by atoms with Crippen molar-refractivity contribution in [2.24, 2.45) is 5.73 Å². The fraction of sp³-hybridized carbons (Fsp3) is 0.909. The molecule has 0 heterocycles. The van der Waals surface area contributed by atoms with E-state index < -0.39 is 12.0 Å². The van der Waals surface area contributed by atoms with Crippen LogP contribution in [-0.4, -0.2) is 30.2 Å². The van der Waals surface area contributed by atoms with Crippen molar-refractivity contribution in [3.8, 4) is 0 Å². The molecule has 0 aromatic rings. The van der Waals surface area contributed by atoms with Crippen molar-refractivity contribution in [2.45, 2.75) is 51.5 Å². The molecule has 1 unspecified atom stereocenters. The number of unbranched alkanes of at least 4 members (excludes halogenated alkanes) is 3. The van der Waals surface area contributed by atoms with Crippen LogP contribution in [0.4, 0.5) is 0 Å². The van der Waals surface area contributed by atoms with Crippen LogP contribution in [0.25, 0.3) is 0 Å². The van der Waals surface area contributed by atoms with Crippen LogP contribution >= 0.6 is 0 Å². The third-order valence-electron chi connectivity index (χ3n) is 2.42. The van der Waals surface area contributed by atoms with Gasteiger partial charge in [-0.2, -0.15) is 0 Å². The number of hydrogen-bond donors (Lipinski definition) is 4. The average Bonchev–Trinajstić information content (AvgIpc) is 2.21. The van der Waals surface area contributed by atoms with E-state index in [-0.39, 0.29) is 6.15 Å². The summed E-state index contributed by atoms with van der Waals surface area (Å²) in [4.78, 5) is 10.9. The van der Waals surface area contributed by atoms with E-state index in [1.165, 1.54) is 0 Å². The summed E-state index contributed by atoms with van der Waals surface area (Å²) < 4.78 is 0. The van der Waals surface area contributed by atoms with Gasteiger partial charge in [-0.3, -0.25) is 4.79 Å². The van der Waals surface area contributed by atoms with E-state index in [0.29, 0.717) is 13.0 Å². The summed E-state index contributed by atoms with van der Waals surface area (Å²) in [5.41, 5.74) is 5.36. The molecule has 0 aliphatic heterocycles. The van der Waals surface area contributed by atoms with Gasteiger partial charge in [0, 0.05) is 0 Å². The summed E-state index contributed by atoms with van der Waals surface area (Å²) >= 11 is 0. The Morgan fingerprint density at radius 2 is 2.00 bits per heavy atom. The maximum Gasteiger partial charge on any atom is 0.320 e. The largest absolute Gasteiger partial charge is 0.480 e. The first kappa shape index (κ1) is 17.7. The molecule has 5 heteroatoms. The van der Waals surface area contributed by atoms with Crippen molar-refractivity contribution < 1.29 is 9.90 Å². The second-order valence-electron chi connectivity index (χ2n) is 3.84. The molecule has 5 nitrogen and oxygen atoms in total. The van der Waals surface area contributed by atoms with Crippen molar-refractivity contribution in [3.05, 3.63) is 0 Å². The van der Waals surface area contributed by atoms with Gasteiger partial charge in [0.25, 0.3) is 0 Å². The standard InChI is InChI=1S/C11H24N2O2.H3N/c1-2-3-6-9-13-10(11(14)15)7-4-5-8-12;/h10,13H,2-9,12H2,1H3,(H,14,15);1H3. The minimum Gasteiger partial charge on any atom is -0.480 e. The molecule has 0 fully saturated rings. The normalized spacial score (nSPS) is 11.9. The molecule has 0 saturated heterocycles. The molecule has 16 heavy (non-hydrogen) atoms. The minimum absolute atomic E-state index is 0. The molecule has 0 saturated carbocycles. The Morgan fingerprint density at radius 1 is 1.31 bits per heavy atom. The minimum atomic E-state index is -0.747. The van der Waals surface area contributed by atoms with Gasteiger partial charge >= 0.3 is 5.97 Å². The quantitative estimate of drug-likeness (QED) is 0.427. The molecule has 0 spiro atoms. The van der Waals surface area contributed by atoms with Crippen LogP contribution in [0.1, 0.15) is 45.4 Å². The van der Waals surface area contributed by atoms with Crippen LogP contribution in [0.3, 0.4) is 0 Å². The van der Waals surface area contributed by atoms with E-state index >= 15 is 0 Å². The van der Waals surface area contributed by atoms with Crippen molar-refractivity contribution in [1.82, 2.24) is 11.5 Å². The number of carboxylic acid groups (broad SMARTS) is 1. The van der Waals surface area contributed by atoms with Crippen molar-refractivity contribution in [3.63, 3.8) is 0 Å². The highest BCUT2D eigenvalue weighted by Gasteiger charge is 2.14. The summed E-state index contributed by atoms with van der Waals surface area (Å²) in [6, 6.07) is -0.395. The van der Waals surface area contributed by atoms with E-state index in [0.717, 1.165) is 38.6 Å². The van der Waals surface area contributed by atoms with Crippen LogP contribution in [0.5, 0.6) is 0 Å². The molecular formula is C11H27N3O2. The highest BCUT2D eigenvalue weighted by Crippen LogP contribution is 2.01. The highest BCUT2D eigenvalue weighted by atomic mass is 16.4. The summed E-state index contributed by atoms with van der Waals surface area (Å²) in [7, 11) is 0. The lowest BCUT2D eigenvalue weighted by Gasteiger charge is -2.13. The Labute approximate surface area is 98.4 Å². The summed E-state index contributed by atoms with van der Waals surface area (Å²) in [5, 5.41) is 12.0. The number of aliphatic carboxylic acids is 1. The lowest BCUT2D eigenvalue weighted by Crippen LogP contribution is -2.37. The van der Waals surface area contributed by atoms with Gasteiger partial charge in [0.15, 0.2) is 0 Å². The second-order valence-corrected chi connectivity index (χ2v) is 3.84. The monoisotopic (exact) mass is 233 g/mol. The molecule has 0 aliphatic carbocycles. The molecule has 98 valence electrons. The topological polar surface area (TPSA) is 110 Å². The van der Waals surface area contributed by atoms with Crippen LogP contribution in [0.15, 0.2) is 0 Å². The van der Waals surface area contributed by atoms with Gasteiger partial charge in [-0.1, -0.05) is 26.2 Å². The van der Waals surface area contributed by atoms with Crippen LogP contribution in [0, 0.1) is 0 Å². The van der Waals surface area contributed by atoms with Crippen LogP contribution in [0.2, 0.25) is 0 Å². The van der Waals surface area contributed by atoms with E-state index in [1.807, 2.05) is 0 Å². The van der Waals surface area contributed by atoms with Crippen LogP contribution in [-0.2, 0) is 4.79 Å². The fourth-order valence-electron chi connectivity index (χ4n) is 1.46. The zero-order valence-corrected chi connectivity index (χ0v) is 10.4. The molecule has 0 aromatic heterocycles. The van der Waals surface area contributed by atoms with Crippen LogP contribution < -0.4 is 17.2 Å². The Kier molecular flexibility index (Phi) is 13.8. The third-order valence-corrected chi connectivity index (χ3v) is 2.42. The predicted molar refractivity (Wildman–Crippen MR) is 66.9 cm³/mol. The van der Waals surface area contributed by atoms with Gasteiger partial charge in [-0.15, -0.1) is 0 Å². The second kappa shape index (κ2) is 12.4. The third kappa shape index (κ3) is 9.89. The molecule has 0 bridgehead atoms. The number of carbonyl (C=O) groups is 1. The molecule has 0 aromatic carbocycles. The van der Waals surface area contributed by atoms with Gasteiger partial charge in [0.05, 0.1) is 0 Å². The average molecular weight is 233 g/mol. The smallest absolute Gasteiger partial charge is 0.320 e. The van der Waals surface area contributed by atoms with Gasteiger partial charge in [0.2, 0.25) is 0 Å². The lowest BCUT2D eigenvalue weighted by molar-refractivity contribution is -0.139. The van der Waals surface area contributed by atoms with E-state index in [1.54, 1.807) is 0 Å². The maximum atomic E-state index is 10.9. The van der Waals surface area contributed by atoms with Gasteiger partial charge in [-0.05, 0) is 32.4 Å². The Bertz CT molecular complexity index is 165. The molecule has 0 amide bonds. The van der Waals surface area contributed by atoms with E-state index in [2.05, 4.69) is 12.2 Å². The molecule has 1 atom stereocenters. The molecule has 0 rings (SSSR count). The number of carboxylic acids is 1. The van der Waals surface area contributed by atoms with Crippen molar-refractivity contribution in [2.75, 3.05) is 13.1 Å². The van der Waals surface area contributed by atoms with Gasteiger partial charge in [0.1, 0.15) is 6.04 Å². The zero-order chi connectivity index (χ0) is 11.5. The molecule has 0 aliphatic rings. The van der Waals surface area contributed by atoms with Crippen molar-refractivity contribution in [1.29, 1.82) is 0 Å². The summed E-state index contributed by atoms with van der Waals surface area (Å²) in [6.45, 7) is 3.57. The van der Waals surface area contributed by atoms with E-state index in [4.69, 9.17) is 10.8 Å². The molecular weight excluding hydrogens is 206 g/mol. The number of rotatable bonds is 10. The fourth-order valence-corrected chi connectivity index (χ4v) is 1.46. The highest BCUT2D eigenvalue weighted by molar-refractivity contribution is 5.73. The van der Waals surface area contributed by atoms with Gasteiger partial charge in [-0.25, -0.2) is 0 Å². The first-order valence-corrected chi connectivity index (χ1v) is 5.88. The van der Waals surface area contributed by atoms with Crippen molar-refractivity contribution >= 4 is 5.97 Å². The Hall–Kier alpha value is -0.650. The summed E-state index contributed by atoms with van der Waals surface area (Å²) in [6.07, 6.45) is 5.83. The lowest BCUT2D eigenvalue weighted by atomic mass is 10.1. The predicted octanol–water partition coefficient (Wildman–Crippen LogP) is 1.51. The maximum absolute atomic E-state index is 10.9. The zero-order valence-electron chi connectivity index (χ0n) is 10.4. The molecule has 0 radical (unpaired) electrons. The number of nitrogens with two attached hydrogens (primary N) is 1. The van der Waals surface area contributed by atoms with Gasteiger partial charge < -0.3 is 22.3 Å². The molecule has 7 N–H and O–H groups in total. The SMILES string of the molecule is CCCCCNC(CCCCN)C(=O)O.N. The summed E-state index contributed by atoms with van der Waals surface area (Å²) in [5.74, 6) is -0.747. The number of nitrogens with one attached hydrogen (secondary N) is 1. The first-order chi connectivity index (χ1) is 7.22. The number of hydrogen-bond acceptors (Lipinski definition) is 4.